The molecule has 0 amide bonds. The van der Waals surface area contributed by atoms with Crippen LogP contribution in [0.15, 0.2) is 23.0 Å². The number of hydrogen-bond acceptors (Lipinski definition) is 5. The minimum Gasteiger partial charge on any atom is -0.450 e. The molecule has 0 unspecified atom stereocenters. The second-order valence-electron chi connectivity index (χ2n) is 4.91. The van der Waals surface area contributed by atoms with E-state index in [0.29, 0.717) is 35.9 Å². The van der Waals surface area contributed by atoms with Gasteiger partial charge in [-0.2, -0.15) is 5.10 Å². The predicted molar refractivity (Wildman–Crippen MR) is 75.9 cm³/mol. The van der Waals surface area contributed by atoms with E-state index in [9.17, 15) is 9.59 Å². The maximum atomic E-state index is 12.4. The Kier molecular flexibility index (Phi) is 3.84. The molecule has 0 saturated carbocycles. The third kappa shape index (κ3) is 2.82. The second kappa shape index (κ2) is 5.80. The van der Waals surface area contributed by atoms with Gasteiger partial charge in [0.15, 0.2) is 6.23 Å². The normalized spacial score (nSPS) is 17.0. The van der Waals surface area contributed by atoms with Crippen molar-refractivity contribution < 1.29 is 14.6 Å². The number of aryl methyl sites for hydroxylation is 1. The first-order valence-corrected chi connectivity index (χ1v) is 7.11. The molecular formula is C13H13ClN4O4. The molecule has 0 aromatic carbocycles. The summed E-state index contributed by atoms with van der Waals surface area (Å²) in [6, 6.07) is 5.12. The topological polar surface area (TPSA) is 99.2 Å². The largest absolute Gasteiger partial charge is 0.507 e. The number of rotatable bonds is 3. The Morgan fingerprint density at radius 1 is 1.50 bits per heavy atom. The molecule has 1 atom stereocenters. The van der Waals surface area contributed by atoms with Crippen LogP contribution in [0.2, 0.25) is 5.15 Å². The molecule has 3 rings (SSSR count). The Morgan fingerprint density at radius 2 is 2.32 bits per heavy atom. The van der Waals surface area contributed by atoms with Gasteiger partial charge in [-0.1, -0.05) is 17.7 Å². The maximum absolute atomic E-state index is 12.4. The Balaban J connectivity index is 1.93. The van der Waals surface area contributed by atoms with Gasteiger partial charge in [0.1, 0.15) is 11.0 Å². The molecule has 2 aromatic heterocycles. The summed E-state index contributed by atoms with van der Waals surface area (Å²) in [7, 11) is 0. The first-order valence-electron chi connectivity index (χ1n) is 6.74. The Bertz CT molecular complexity index is 770. The van der Waals surface area contributed by atoms with Crippen LogP contribution in [0.3, 0.4) is 0 Å². The fraction of sp³-hybridized carbons (Fsp3) is 0.385. The van der Waals surface area contributed by atoms with Gasteiger partial charge in [-0.3, -0.25) is 0 Å². The summed E-state index contributed by atoms with van der Waals surface area (Å²) in [5, 5.41) is 13.3. The first kappa shape index (κ1) is 14.6. The van der Waals surface area contributed by atoms with E-state index in [1.54, 1.807) is 18.2 Å². The van der Waals surface area contributed by atoms with Crippen molar-refractivity contribution in [3.63, 3.8) is 0 Å². The highest BCUT2D eigenvalue weighted by Gasteiger charge is 2.28. The van der Waals surface area contributed by atoms with Gasteiger partial charge in [-0.25, -0.2) is 23.8 Å². The summed E-state index contributed by atoms with van der Waals surface area (Å²) in [4.78, 5) is 27.3. The Hall–Kier alpha value is -2.35. The minimum atomic E-state index is -1.41. The number of carbonyl (C=O) groups is 1. The quantitative estimate of drug-likeness (QED) is 0.681. The van der Waals surface area contributed by atoms with E-state index in [1.807, 2.05) is 0 Å². The molecule has 1 N–H and O–H groups in total. The van der Waals surface area contributed by atoms with E-state index in [4.69, 9.17) is 21.4 Å². The third-order valence-corrected chi connectivity index (χ3v) is 3.61. The van der Waals surface area contributed by atoms with Gasteiger partial charge in [0.05, 0.1) is 12.2 Å². The number of aromatic nitrogens is 4. The number of nitrogens with zero attached hydrogens (tertiary/aromatic N) is 4. The number of halogens is 1. The zero-order valence-electron chi connectivity index (χ0n) is 11.5. The zero-order valence-corrected chi connectivity index (χ0v) is 12.2. The van der Waals surface area contributed by atoms with E-state index in [1.165, 1.54) is 9.25 Å². The lowest BCUT2D eigenvalue weighted by Gasteiger charge is -2.21. The van der Waals surface area contributed by atoms with Gasteiger partial charge in [-0.05, 0) is 18.6 Å². The summed E-state index contributed by atoms with van der Waals surface area (Å²) in [6.45, 7) is 0.166. The van der Waals surface area contributed by atoms with Gasteiger partial charge in [-0.15, -0.1) is 0 Å². The lowest BCUT2D eigenvalue weighted by Crippen LogP contribution is -2.33. The van der Waals surface area contributed by atoms with Crippen molar-refractivity contribution in [2.24, 2.45) is 0 Å². The average Bonchev–Trinajstić information content (AvgIpc) is 2.76. The van der Waals surface area contributed by atoms with Crippen LogP contribution in [-0.4, -0.2) is 30.6 Å². The van der Waals surface area contributed by atoms with Crippen LogP contribution in [0, 0.1) is 0 Å². The second-order valence-corrected chi connectivity index (χ2v) is 5.30. The SMILES string of the molecule is O=C(O)O[C@H]1CCCc2nn(Cc3cccc(Cl)n3)c(=O)n21. The van der Waals surface area contributed by atoms with Gasteiger partial charge < -0.3 is 9.84 Å². The van der Waals surface area contributed by atoms with Crippen molar-refractivity contribution in [1.82, 2.24) is 19.3 Å². The number of carboxylic acid groups (broad SMARTS) is 1. The molecule has 3 heterocycles. The molecule has 8 nitrogen and oxygen atoms in total. The predicted octanol–water partition coefficient (Wildman–Crippen LogP) is 1.67. The Morgan fingerprint density at radius 3 is 3.05 bits per heavy atom. The highest BCUT2D eigenvalue weighted by atomic mass is 35.5. The van der Waals surface area contributed by atoms with Crippen molar-refractivity contribution in [3.8, 4) is 0 Å². The highest BCUT2D eigenvalue weighted by Crippen LogP contribution is 2.23. The fourth-order valence-corrected chi connectivity index (χ4v) is 2.69. The Labute approximate surface area is 129 Å². The van der Waals surface area contributed by atoms with Crippen LogP contribution in [0.5, 0.6) is 0 Å². The molecule has 116 valence electrons. The summed E-state index contributed by atoms with van der Waals surface area (Å²) >= 11 is 5.82. The molecule has 9 heteroatoms. The van der Waals surface area contributed by atoms with Gasteiger partial charge in [0, 0.05) is 12.8 Å². The van der Waals surface area contributed by atoms with Crippen LogP contribution < -0.4 is 5.69 Å². The fourth-order valence-electron chi connectivity index (χ4n) is 2.51. The summed E-state index contributed by atoms with van der Waals surface area (Å²) in [5.41, 5.74) is 0.184. The molecule has 2 aromatic rings. The number of ether oxygens (including phenoxy) is 1. The average molecular weight is 325 g/mol. The first-order chi connectivity index (χ1) is 10.5. The van der Waals surface area contributed by atoms with Crippen LogP contribution >= 0.6 is 11.6 Å². The van der Waals surface area contributed by atoms with Gasteiger partial charge in [0.25, 0.3) is 0 Å². The molecule has 0 spiro atoms. The monoisotopic (exact) mass is 324 g/mol. The molecular weight excluding hydrogens is 312 g/mol. The molecule has 0 saturated heterocycles. The number of pyridine rings is 1. The van der Waals surface area contributed by atoms with Crippen molar-refractivity contribution in [3.05, 3.63) is 45.4 Å². The van der Waals surface area contributed by atoms with E-state index in [-0.39, 0.29) is 6.54 Å². The summed E-state index contributed by atoms with van der Waals surface area (Å²) < 4.78 is 7.31. The lowest BCUT2D eigenvalue weighted by molar-refractivity contribution is 0.00392. The van der Waals surface area contributed by atoms with Crippen molar-refractivity contribution >= 4 is 17.8 Å². The molecule has 0 bridgehead atoms. The van der Waals surface area contributed by atoms with E-state index in [0.717, 1.165) is 0 Å². The minimum absolute atomic E-state index is 0.166. The van der Waals surface area contributed by atoms with Crippen LogP contribution in [0.4, 0.5) is 4.79 Å². The third-order valence-electron chi connectivity index (χ3n) is 3.40. The highest BCUT2D eigenvalue weighted by molar-refractivity contribution is 6.29. The van der Waals surface area contributed by atoms with Crippen LogP contribution in [-0.2, 0) is 17.7 Å². The standard InChI is InChI=1S/C13H13ClN4O4/c14-9-4-1-3-8(15-9)7-17-12(19)18-10(16-17)5-2-6-11(18)22-13(20)21/h1,3-4,11H,2,5-7H2,(H,20,21)/t11-/m0/s1. The summed E-state index contributed by atoms with van der Waals surface area (Å²) in [6.07, 6.45) is -0.460. The van der Waals surface area contributed by atoms with E-state index in [2.05, 4.69) is 10.1 Å². The van der Waals surface area contributed by atoms with E-state index >= 15 is 0 Å². The molecule has 1 aliphatic rings. The van der Waals surface area contributed by atoms with Gasteiger partial charge >= 0.3 is 11.8 Å². The summed E-state index contributed by atoms with van der Waals surface area (Å²) in [5.74, 6) is 0.518. The van der Waals surface area contributed by atoms with Crippen molar-refractivity contribution in [2.75, 3.05) is 0 Å². The molecule has 1 aliphatic heterocycles. The molecule has 22 heavy (non-hydrogen) atoms. The van der Waals surface area contributed by atoms with Crippen LogP contribution in [0.1, 0.15) is 30.6 Å². The lowest BCUT2D eigenvalue weighted by atomic mass is 10.1. The zero-order chi connectivity index (χ0) is 15.7. The maximum Gasteiger partial charge on any atom is 0.507 e. The smallest absolute Gasteiger partial charge is 0.450 e. The van der Waals surface area contributed by atoms with Crippen molar-refractivity contribution in [1.29, 1.82) is 0 Å². The van der Waals surface area contributed by atoms with E-state index < -0.39 is 18.1 Å². The number of hydrogen-bond donors (Lipinski definition) is 1. The molecule has 0 aliphatic carbocycles. The van der Waals surface area contributed by atoms with Crippen LogP contribution in [0.25, 0.3) is 0 Å². The molecule has 0 radical (unpaired) electrons. The molecule has 0 fully saturated rings. The van der Waals surface area contributed by atoms with Gasteiger partial charge in [0.2, 0.25) is 0 Å². The van der Waals surface area contributed by atoms with Crippen molar-refractivity contribution in [2.45, 2.75) is 32.0 Å². The number of fused-ring (bicyclic) bond motifs is 1.